The Morgan fingerprint density at radius 1 is 1.12 bits per heavy atom. The fourth-order valence-electron chi connectivity index (χ4n) is 4.59. The lowest BCUT2D eigenvalue weighted by Gasteiger charge is -2.35. The molecule has 8 nitrogen and oxygen atoms in total. The number of nitrogens with one attached hydrogen (secondary N) is 2. The predicted octanol–water partition coefficient (Wildman–Crippen LogP) is 3.44. The molecule has 2 aromatic heterocycles. The molecule has 176 valence electrons. The van der Waals surface area contributed by atoms with Crippen LogP contribution < -0.4 is 10.9 Å². The van der Waals surface area contributed by atoms with Crippen LogP contribution >= 0.6 is 0 Å². The minimum absolute atomic E-state index is 0.0918. The second-order valence-electron chi connectivity index (χ2n) is 9.15. The number of carbonyl (C=O) groups is 2. The molecule has 1 aromatic carbocycles. The number of para-hydroxylation sites is 1. The van der Waals surface area contributed by atoms with Crippen LogP contribution in [-0.4, -0.2) is 44.8 Å². The van der Waals surface area contributed by atoms with Gasteiger partial charge in [0.05, 0.1) is 17.7 Å². The smallest absolute Gasteiger partial charge is 0.255 e. The zero-order chi connectivity index (χ0) is 24.2. The third-order valence-corrected chi connectivity index (χ3v) is 6.08. The van der Waals surface area contributed by atoms with Gasteiger partial charge >= 0.3 is 0 Å². The van der Waals surface area contributed by atoms with E-state index >= 15 is 0 Å². The van der Waals surface area contributed by atoms with Gasteiger partial charge in [0.1, 0.15) is 5.82 Å². The number of hydrogen-bond donors (Lipinski definition) is 2. The van der Waals surface area contributed by atoms with E-state index in [2.05, 4.69) is 34.1 Å². The number of piperidine rings is 1. The molecule has 0 saturated carbocycles. The summed E-state index contributed by atoms with van der Waals surface area (Å²) < 4.78 is 0. The fourth-order valence-corrected chi connectivity index (χ4v) is 4.59. The summed E-state index contributed by atoms with van der Waals surface area (Å²) >= 11 is 0. The number of nitrogens with zero attached hydrogens (tertiary/aromatic N) is 3. The molecule has 0 radical (unpaired) electrons. The summed E-state index contributed by atoms with van der Waals surface area (Å²) in [4.78, 5) is 51.9. The van der Waals surface area contributed by atoms with Crippen molar-refractivity contribution in [2.45, 2.75) is 33.6 Å². The van der Waals surface area contributed by atoms with Crippen molar-refractivity contribution in [2.75, 3.05) is 18.4 Å². The lowest BCUT2D eigenvalue weighted by molar-refractivity contribution is -0.115. The molecule has 8 heteroatoms. The van der Waals surface area contributed by atoms with Crippen molar-refractivity contribution in [3.63, 3.8) is 0 Å². The Morgan fingerprint density at radius 2 is 1.85 bits per heavy atom. The van der Waals surface area contributed by atoms with Crippen LogP contribution in [0, 0.1) is 18.8 Å². The van der Waals surface area contributed by atoms with Gasteiger partial charge < -0.3 is 15.2 Å². The van der Waals surface area contributed by atoms with Crippen LogP contribution in [0.5, 0.6) is 0 Å². The second-order valence-corrected chi connectivity index (χ2v) is 9.15. The zero-order valence-corrected chi connectivity index (χ0v) is 19.7. The topological polar surface area (TPSA) is 108 Å². The molecule has 1 fully saturated rings. The van der Waals surface area contributed by atoms with Crippen LogP contribution in [0.1, 0.15) is 41.9 Å². The Kier molecular flexibility index (Phi) is 6.86. The van der Waals surface area contributed by atoms with Crippen LogP contribution in [0.4, 0.5) is 5.69 Å². The quantitative estimate of drug-likeness (QED) is 0.608. The number of aryl methyl sites for hydroxylation is 1. The van der Waals surface area contributed by atoms with E-state index in [9.17, 15) is 14.4 Å². The monoisotopic (exact) mass is 459 g/mol. The molecule has 3 aromatic rings. The van der Waals surface area contributed by atoms with Crippen LogP contribution in [0.15, 0.2) is 53.6 Å². The Hall–Kier alpha value is -3.81. The average molecular weight is 460 g/mol. The zero-order valence-electron chi connectivity index (χ0n) is 19.7. The Bertz CT molecular complexity index is 1240. The first-order valence-electron chi connectivity index (χ1n) is 11.5. The van der Waals surface area contributed by atoms with Crippen LogP contribution in [0.2, 0.25) is 0 Å². The molecule has 4 rings (SSSR count). The first kappa shape index (κ1) is 23.4. The van der Waals surface area contributed by atoms with E-state index in [1.165, 1.54) is 0 Å². The third kappa shape index (κ3) is 5.22. The van der Waals surface area contributed by atoms with Crippen molar-refractivity contribution in [1.82, 2.24) is 19.9 Å². The average Bonchev–Trinajstić information content (AvgIpc) is 2.81. The van der Waals surface area contributed by atoms with Crippen molar-refractivity contribution < 1.29 is 9.59 Å². The van der Waals surface area contributed by atoms with Gasteiger partial charge in [-0.15, -0.1) is 0 Å². The minimum Gasteiger partial charge on any atom is -0.338 e. The van der Waals surface area contributed by atoms with Gasteiger partial charge in [0.2, 0.25) is 5.91 Å². The first-order chi connectivity index (χ1) is 16.3. The van der Waals surface area contributed by atoms with E-state index in [0.29, 0.717) is 53.3 Å². The number of benzene rings is 1. The van der Waals surface area contributed by atoms with Crippen molar-refractivity contribution in [1.29, 1.82) is 0 Å². The van der Waals surface area contributed by atoms with E-state index in [1.54, 1.807) is 55.7 Å². The standard InChI is InChI=1S/C26H29N5O3/c1-16-11-17(2)15-31(14-16)26(34)20-8-4-5-9-22(20)29-23(32)12-21-18(3)28-24(30-25(21)33)19-7-6-10-27-13-19/h4-10,13,16-17H,11-12,14-15H2,1-3H3,(H,29,32)(H,28,30,33). The van der Waals surface area contributed by atoms with Gasteiger partial charge in [0.15, 0.2) is 0 Å². The van der Waals surface area contributed by atoms with Crippen LogP contribution in [-0.2, 0) is 11.2 Å². The van der Waals surface area contributed by atoms with E-state index in [4.69, 9.17) is 0 Å². The third-order valence-electron chi connectivity index (χ3n) is 6.08. The summed E-state index contributed by atoms with van der Waals surface area (Å²) in [7, 11) is 0. The molecular formula is C26H29N5O3. The van der Waals surface area contributed by atoms with Gasteiger partial charge in [-0.25, -0.2) is 4.98 Å². The molecule has 1 aliphatic heterocycles. The summed E-state index contributed by atoms with van der Waals surface area (Å²) in [5.41, 5.74) is 1.96. The number of amides is 2. The first-order valence-corrected chi connectivity index (χ1v) is 11.5. The maximum atomic E-state index is 13.2. The van der Waals surface area contributed by atoms with Gasteiger partial charge in [-0.3, -0.25) is 19.4 Å². The molecule has 1 saturated heterocycles. The van der Waals surface area contributed by atoms with Gasteiger partial charge in [-0.1, -0.05) is 26.0 Å². The number of hydrogen-bond acceptors (Lipinski definition) is 5. The van der Waals surface area contributed by atoms with Crippen molar-refractivity contribution in [3.05, 3.63) is 76.0 Å². The largest absolute Gasteiger partial charge is 0.338 e. The number of likely N-dealkylation sites (tertiary alicyclic amines) is 1. The molecule has 34 heavy (non-hydrogen) atoms. The molecule has 0 spiro atoms. The highest BCUT2D eigenvalue weighted by atomic mass is 16.2. The van der Waals surface area contributed by atoms with Crippen molar-refractivity contribution in [3.8, 4) is 11.4 Å². The summed E-state index contributed by atoms with van der Waals surface area (Å²) in [6.07, 6.45) is 4.20. The van der Waals surface area contributed by atoms with Gasteiger partial charge in [-0.05, 0) is 49.4 Å². The highest BCUT2D eigenvalue weighted by Crippen LogP contribution is 2.25. The molecule has 2 unspecified atom stereocenters. The molecule has 0 bridgehead atoms. The highest BCUT2D eigenvalue weighted by Gasteiger charge is 2.27. The fraction of sp³-hybridized carbons (Fsp3) is 0.346. The number of aromatic amines is 1. The molecule has 2 atom stereocenters. The van der Waals surface area contributed by atoms with E-state index in [-0.39, 0.29) is 29.4 Å². The molecule has 2 N–H and O–H groups in total. The number of pyridine rings is 1. The Morgan fingerprint density at radius 3 is 2.53 bits per heavy atom. The maximum absolute atomic E-state index is 13.2. The minimum atomic E-state index is -0.384. The normalized spacial score (nSPS) is 17.9. The van der Waals surface area contributed by atoms with Crippen molar-refractivity contribution >= 4 is 17.5 Å². The number of carbonyl (C=O) groups excluding carboxylic acids is 2. The number of H-pyrrole nitrogens is 1. The van der Waals surface area contributed by atoms with E-state index < -0.39 is 0 Å². The molecule has 2 amide bonds. The molecule has 3 heterocycles. The summed E-state index contributed by atoms with van der Waals surface area (Å²) in [6.45, 7) is 7.41. The van der Waals surface area contributed by atoms with Crippen LogP contribution in [0.3, 0.4) is 0 Å². The second kappa shape index (κ2) is 9.99. The summed E-state index contributed by atoms with van der Waals surface area (Å²) in [5, 5.41) is 2.83. The number of rotatable bonds is 5. The number of anilines is 1. The van der Waals surface area contributed by atoms with E-state index in [0.717, 1.165) is 6.42 Å². The van der Waals surface area contributed by atoms with Gasteiger partial charge in [-0.2, -0.15) is 0 Å². The summed E-state index contributed by atoms with van der Waals surface area (Å²) in [5.74, 6) is 0.800. The van der Waals surface area contributed by atoms with Crippen LogP contribution in [0.25, 0.3) is 11.4 Å². The molecule has 0 aliphatic carbocycles. The maximum Gasteiger partial charge on any atom is 0.255 e. The lowest BCUT2D eigenvalue weighted by atomic mass is 9.91. The SMILES string of the molecule is Cc1nc(-c2cccnc2)[nH]c(=O)c1CC(=O)Nc1ccccc1C(=O)N1CC(C)CC(C)C1. The van der Waals surface area contributed by atoms with Gasteiger partial charge in [0.25, 0.3) is 11.5 Å². The highest BCUT2D eigenvalue weighted by molar-refractivity contribution is 6.04. The van der Waals surface area contributed by atoms with E-state index in [1.807, 2.05) is 4.90 Å². The number of aromatic nitrogens is 3. The lowest BCUT2D eigenvalue weighted by Crippen LogP contribution is -2.42. The Balaban J connectivity index is 1.51. The molecule has 1 aliphatic rings. The van der Waals surface area contributed by atoms with Gasteiger partial charge in [0, 0.05) is 42.3 Å². The van der Waals surface area contributed by atoms with Crippen molar-refractivity contribution in [2.24, 2.45) is 11.8 Å². The molecular weight excluding hydrogens is 430 g/mol. The summed E-state index contributed by atoms with van der Waals surface area (Å²) in [6, 6.07) is 10.6. The predicted molar refractivity (Wildman–Crippen MR) is 130 cm³/mol. The Labute approximate surface area is 198 Å².